The molecule has 5 rings (SSSR count). The van der Waals surface area contributed by atoms with Crippen molar-refractivity contribution in [3.05, 3.63) is 47.0 Å². The van der Waals surface area contributed by atoms with Crippen molar-refractivity contribution in [1.82, 2.24) is 0 Å². The molecule has 1 aromatic rings. The molecule has 16 heavy (non-hydrogen) atoms. The Labute approximate surface area is 94.4 Å². The largest absolute Gasteiger partial charge is 0.192 e. The third-order valence-electron chi connectivity index (χ3n) is 5.34. The topological polar surface area (TPSA) is 23.8 Å². The van der Waals surface area contributed by atoms with Crippen molar-refractivity contribution in [3.63, 3.8) is 0 Å². The van der Waals surface area contributed by atoms with E-state index < -0.39 is 0 Å². The van der Waals surface area contributed by atoms with Crippen LogP contribution in [-0.4, -0.2) is 0 Å². The molecule has 0 heterocycles. The van der Waals surface area contributed by atoms with Crippen LogP contribution in [0.3, 0.4) is 0 Å². The van der Waals surface area contributed by atoms with Crippen LogP contribution in [0, 0.1) is 35.0 Å². The number of hydrogen-bond donors (Lipinski definition) is 0. The van der Waals surface area contributed by atoms with Crippen LogP contribution in [0.1, 0.15) is 28.5 Å². The van der Waals surface area contributed by atoms with Crippen molar-refractivity contribution in [1.29, 1.82) is 5.26 Å². The summed E-state index contributed by atoms with van der Waals surface area (Å²) in [7, 11) is 0. The van der Waals surface area contributed by atoms with Gasteiger partial charge in [-0.2, -0.15) is 5.26 Å². The van der Waals surface area contributed by atoms with Crippen molar-refractivity contribution >= 4 is 0 Å². The molecule has 4 aliphatic carbocycles. The summed E-state index contributed by atoms with van der Waals surface area (Å²) in [4.78, 5) is 0. The lowest BCUT2D eigenvalue weighted by molar-refractivity contribution is 0.398. The van der Waals surface area contributed by atoms with Crippen LogP contribution >= 0.6 is 0 Å². The second-order valence-corrected chi connectivity index (χ2v) is 5.70. The Morgan fingerprint density at radius 3 is 2.56 bits per heavy atom. The van der Waals surface area contributed by atoms with E-state index in [-0.39, 0.29) is 0 Å². The molecule has 0 spiro atoms. The van der Waals surface area contributed by atoms with Crippen LogP contribution in [-0.2, 0) is 0 Å². The minimum atomic E-state index is 0.758. The second kappa shape index (κ2) is 2.11. The zero-order valence-corrected chi connectivity index (χ0v) is 8.80. The molecule has 0 aliphatic heterocycles. The summed E-state index contributed by atoms with van der Waals surface area (Å²) >= 11 is 0. The van der Waals surface area contributed by atoms with Gasteiger partial charge in [-0.3, -0.25) is 0 Å². The van der Waals surface area contributed by atoms with E-state index in [0.29, 0.717) is 0 Å². The Morgan fingerprint density at radius 2 is 1.81 bits per heavy atom. The highest BCUT2D eigenvalue weighted by Gasteiger charge is 2.71. The molecule has 6 atom stereocenters. The average molecular weight is 205 g/mol. The first kappa shape index (κ1) is 7.68. The molecule has 2 saturated carbocycles. The third kappa shape index (κ3) is 0.593. The van der Waals surface area contributed by atoms with Gasteiger partial charge in [0.2, 0.25) is 0 Å². The Hall–Kier alpha value is -1.55. The molecule has 0 saturated heterocycles. The molecule has 0 radical (unpaired) electrons. The Morgan fingerprint density at radius 1 is 0.938 bits per heavy atom. The second-order valence-electron chi connectivity index (χ2n) is 5.70. The Kier molecular flexibility index (Phi) is 1.01. The van der Waals surface area contributed by atoms with E-state index in [9.17, 15) is 0 Å². The van der Waals surface area contributed by atoms with Gasteiger partial charge in [0.1, 0.15) is 0 Å². The van der Waals surface area contributed by atoms with E-state index in [1.807, 2.05) is 6.07 Å². The zero-order chi connectivity index (χ0) is 10.4. The average Bonchev–Trinajstić information content (AvgIpc) is 2.81. The molecular weight excluding hydrogens is 194 g/mol. The Bertz CT molecular complexity index is 592. The first-order chi connectivity index (χ1) is 7.90. The molecule has 76 valence electrons. The van der Waals surface area contributed by atoms with Crippen molar-refractivity contribution in [2.45, 2.75) is 11.8 Å². The number of rotatable bonds is 0. The van der Waals surface area contributed by atoms with Gasteiger partial charge >= 0.3 is 0 Å². The van der Waals surface area contributed by atoms with E-state index in [1.54, 1.807) is 5.56 Å². The van der Waals surface area contributed by atoms with Gasteiger partial charge in [-0.1, -0.05) is 18.2 Å². The minimum Gasteiger partial charge on any atom is -0.192 e. The van der Waals surface area contributed by atoms with E-state index in [1.165, 1.54) is 5.56 Å². The minimum absolute atomic E-state index is 0.758. The fourth-order valence-electron chi connectivity index (χ4n) is 4.75. The van der Waals surface area contributed by atoms with E-state index >= 15 is 0 Å². The molecule has 1 aromatic carbocycles. The van der Waals surface area contributed by atoms with Crippen LogP contribution in [0.4, 0.5) is 0 Å². The predicted octanol–water partition coefficient (Wildman–Crippen LogP) is 2.80. The molecule has 6 unspecified atom stereocenters. The number of fused-ring (bicyclic) bond motifs is 7. The molecule has 4 aliphatic rings. The maximum atomic E-state index is 8.98. The third-order valence-corrected chi connectivity index (χ3v) is 5.34. The molecule has 0 N–H and O–H groups in total. The van der Waals surface area contributed by atoms with Crippen LogP contribution in [0.15, 0.2) is 30.4 Å². The van der Waals surface area contributed by atoms with Gasteiger partial charge in [-0.25, -0.2) is 0 Å². The number of hydrogen-bond acceptors (Lipinski definition) is 1. The van der Waals surface area contributed by atoms with Gasteiger partial charge in [0, 0.05) is 0 Å². The normalized spacial score (nSPS) is 47.7. The van der Waals surface area contributed by atoms with Crippen LogP contribution in [0.25, 0.3) is 0 Å². The van der Waals surface area contributed by atoms with E-state index in [4.69, 9.17) is 5.26 Å². The summed E-state index contributed by atoms with van der Waals surface area (Å²) in [6.45, 7) is 0. The number of benzene rings is 1. The maximum Gasteiger partial charge on any atom is 0.0991 e. The SMILES string of the molecule is N#Cc1ccc2c(c1)C1C3C=CC3C3C2C13. The highest BCUT2D eigenvalue weighted by Crippen LogP contribution is 2.80. The molecule has 0 amide bonds. The fraction of sp³-hybridized carbons (Fsp3) is 0.400. The lowest BCUT2D eigenvalue weighted by Gasteiger charge is -2.28. The maximum absolute atomic E-state index is 8.98. The molecule has 1 heteroatoms. The Balaban J connectivity index is 1.75. The highest BCUT2D eigenvalue weighted by atomic mass is 14.7. The number of allylic oxidation sites excluding steroid dienone is 2. The summed E-state index contributed by atoms with van der Waals surface area (Å²) in [5.74, 6) is 5.17. The van der Waals surface area contributed by atoms with E-state index in [2.05, 4.69) is 30.4 Å². The zero-order valence-electron chi connectivity index (χ0n) is 8.80. The fourth-order valence-corrected chi connectivity index (χ4v) is 4.75. The molecule has 0 bridgehead atoms. The van der Waals surface area contributed by atoms with Crippen LogP contribution in [0.2, 0.25) is 0 Å². The standard InChI is InChI=1S/C15H11N/c16-6-7-1-2-10-11(5-7)12-8-3-4-9(8)13-14(10)15(12)13/h1-5,8-9,12-15H. The van der Waals surface area contributed by atoms with Gasteiger partial charge in [-0.15, -0.1) is 0 Å². The van der Waals surface area contributed by atoms with Crippen molar-refractivity contribution in [2.24, 2.45) is 23.7 Å². The van der Waals surface area contributed by atoms with Gasteiger partial charge in [-0.05, 0) is 58.8 Å². The summed E-state index contributed by atoms with van der Waals surface area (Å²) in [6.07, 6.45) is 4.81. The number of nitriles is 1. The molecular formula is C15H11N. The van der Waals surface area contributed by atoms with Gasteiger partial charge < -0.3 is 0 Å². The molecule has 2 fully saturated rings. The monoisotopic (exact) mass is 205 g/mol. The number of nitrogens with zero attached hydrogens (tertiary/aromatic N) is 1. The molecule has 0 aromatic heterocycles. The quantitative estimate of drug-likeness (QED) is 0.597. The van der Waals surface area contributed by atoms with Crippen LogP contribution < -0.4 is 0 Å². The van der Waals surface area contributed by atoms with Crippen LogP contribution in [0.5, 0.6) is 0 Å². The summed E-state index contributed by atoms with van der Waals surface area (Å²) in [5, 5.41) is 8.98. The molecule has 1 nitrogen and oxygen atoms in total. The first-order valence-electron chi connectivity index (χ1n) is 6.12. The summed E-state index contributed by atoms with van der Waals surface area (Å²) in [5.41, 5.74) is 3.90. The van der Waals surface area contributed by atoms with Gasteiger partial charge in [0.05, 0.1) is 11.6 Å². The lowest BCUT2D eigenvalue weighted by Crippen LogP contribution is -2.20. The first-order valence-corrected chi connectivity index (χ1v) is 6.12. The van der Waals surface area contributed by atoms with Gasteiger partial charge in [0.25, 0.3) is 0 Å². The van der Waals surface area contributed by atoms with Gasteiger partial charge in [0.15, 0.2) is 0 Å². The smallest absolute Gasteiger partial charge is 0.0991 e. The summed E-state index contributed by atoms with van der Waals surface area (Å²) < 4.78 is 0. The lowest BCUT2D eigenvalue weighted by atomic mass is 9.76. The predicted molar refractivity (Wildman–Crippen MR) is 59.7 cm³/mol. The van der Waals surface area contributed by atoms with E-state index in [0.717, 1.165) is 41.1 Å². The highest BCUT2D eigenvalue weighted by molar-refractivity contribution is 5.56. The van der Waals surface area contributed by atoms with Crippen molar-refractivity contribution in [3.8, 4) is 6.07 Å². The van der Waals surface area contributed by atoms with Crippen molar-refractivity contribution in [2.75, 3.05) is 0 Å². The summed E-state index contributed by atoms with van der Waals surface area (Å²) in [6, 6.07) is 8.63. The van der Waals surface area contributed by atoms with Crippen molar-refractivity contribution < 1.29 is 0 Å².